The van der Waals surface area contributed by atoms with Crippen molar-refractivity contribution >= 4 is 12.5 Å². The highest BCUT2D eigenvalue weighted by Gasteiger charge is 2.12. The first-order valence-corrected chi connectivity index (χ1v) is 5.35. The van der Waals surface area contributed by atoms with Gasteiger partial charge in [0.2, 0.25) is 0 Å². The van der Waals surface area contributed by atoms with Gasteiger partial charge in [0, 0.05) is 12.6 Å². The summed E-state index contributed by atoms with van der Waals surface area (Å²) in [7, 11) is 1.97. The van der Waals surface area contributed by atoms with Gasteiger partial charge in [0.25, 0.3) is 0 Å². The molecule has 0 N–H and O–H groups in total. The van der Waals surface area contributed by atoms with E-state index in [1.165, 1.54) is 0 Å². The maximum atomic E-state index is 4.60. The number of aromatic nitrogens is 2. The van der Waals surface area contributed by atoms with Crippen LogP contribution < -0.4 is 0 Å². The van der Waals surface area contributed by atoms with Crippen molar-refractivity contribution in [2.75, 3.05) is 0 Å². The van der Waals surface area contributed by atoms with E-state index in [0.29, 0.717) is 0 Å². The molecule has 0 aliphatic heterocycles. The Morgan fingerprint density at radius 2 is 2.00 bits per heavy atom. The highest BCUT2D eigenvalue weighted by Crippen LogP contribution is 2.26. The molecule has 1 aromatic carbocycles. The SMILES string of the molecule is C=Nc1c(CC)nc(-c2ccccc2)n1C. The Kier molecular flexibility index (Phi) is 2.86. The molecule has 0 radical (unpaired) electrons. The molecule has 2 aromatic rings. The van der Waals surface area contributed by atoms with Gasteiger partial charge in [0.1, 0.15) is 5.82 Å². The predicted molar refractivity (Wildman–Crippen MR) is 67.2 cm³/mol. The minimum atomic E-state index is 0.862. The second kappa shape index (κ2) is 4.31. The third kappa shape index (κ3) is 1.65. The Morgan fingerprint density at radius 1 is 1.31 bits per heavy atom. The summed E-state index contributed by atoms with van der Waals surface area (Å²) in [6.07, 6.45) is 0.870. The Bertz CT molecular complexity index is 497. The number of hydrogen-bond donors (Lipinski definition) is 0. The summed E-state index contributed by atoms with van der Waals surface area (Å²) in [6, 6.07) is 10.1. The zero-order valence-corrected chi connectivity index (χ0v) is 9.64. The normalized spacial score (nSPS) is 10.4. The summed E-state index contributed by atoms with van der Waals surface area (Å²) in [6.45, 7) is 5.67. The van der Waals surface area contributed by atoms with E-state index in [2.05, 4.69) is 35.8 Å². The first-order chi connectivity index (χ1) is 7.77. The number of aliphatic imine (C=N–C) groups is 1. The smallest absolute Gasteiger partial charge is 0.155 e. The van der Waals surface area contributed by atoms with Gasteiger partial charge in [-0.3, -0.25) is 0 Å². The molecule has 2 rings (SSSR count). The lowest BCUT2D eigenvalue weighted by atomic mass is 10.2. The zero-order valence-electron chi connectivity index (χ0n) is 9.64. The molecule has 0 saturated heterocycles. The van der Waals surface area contributed by atoms with Crippen LogP contribution in [0.5, 0.6) is 0 Å². The molecule has 0 amide bonds. The lowest BCUT2D eigenvalue weighted by Gasteiger charge is -2.02. The second-order valence-electron chi connectivity index (χ2n) is 3.64. The topological polar surface area (TPSA) is 30.2 Å². The van der Waals surface area contributed by atoms with E-state index in [0.717, 1.165) is 29.3 Å². The van der Waals surface area contributed by atoms with Crippen LogP contribution in [0.2, 0.25) is 0 Å². The highest BCUT2D eigenvalue weighted by atomic mass is 15.1. The van der Waals surface area contributed by atoms with Crippen molar-refractivity contribution in [1.29, 1.82) is 0 Å². The van der Waals surface area contributed by atoms with Crippen LogP contribution in [0.4, 0.5) is 5.82 Å². The van der Waals surface area contributed by atoms with E-state index in [9.17, 15) is 0 Å². The first kappa shape index (κ1) is 10.6. The van der Waals surface area contributed by atoms with Crippen LogP contribution in [0.15, 0.2) is 35.3 Å². The summed E-state index contributed by atoms with van der Waals surface area (Å²) in [5, 5.41) is 0. The van der Waals surface area contributed by atoms with Crippen LogP contribution in [-0.4, -0.2) is 16.3 Å². The maximum Gasteiger partial charge on any atom is 0.155 e. The van der Waals surface area contributed by atoms with Gasteiger partial charge >= 0.3 is 0 Å². The third-order valence-corrected chi connectivity index (χ3v) is 2.65. The Labute approximate surface area is 95.5 Å². The molecule has 0 aliphatic rings. The second-order valence-corrected chi connectivity index (χ2v) is 3.64. The van der Waals surface area contributed by atoms with Crippen molar-refractivity contribution in [3.63, 3.8) is 0 Å². The number of rotatable bonds is 3. The van der Waals surface area contributed by atoms with Crippen LogP contribution >= 0.6 is 0 Å². The van der Waals surface area contributed by atoms with Crippen LogP contribution in [0.3, 0.4) is 0 Å². The number of hydrogen-bond acceptors (Lipinski definition) is 2. The van der Waals surface area contributed by atoms with E-state index in [1.807, 2.05) is 29.8 Å². The fourth-order valence-electron chi connectivity index (χ4n) is 1.83. The first-order valence-electron chi connectivity index (χ1n) is 5.35. The molecule has 0 saturated carbocycles. The van der Waals surface area contributed by atoms with Crippen LogP contribution in [0, 0.1) is 0 Å². The summed E-state index contributed by atoms with van der Waals surface area (Å²) in [4.78, 5) is 8.64. The van der Waals surface area contributed by atoms with Gasteiger partial charge in [0.15, 0.2) is 5.82 Å². The number of benzene rings is 1. The molecule has 0 atom stereocenters. The van der Waals surface area contributed by atoms with Gasteiger partial charge in [-0.1, -0.05) is 37.3 Å². The summed E-state index contributed by atoms with van der Waals surface area (Å²) < 4.78 is 1.99. The van der Waals surface area contributed by atoms with E-state index >= 15 is 0 Å². The van der Waals surface area contributed by atoms with E-state index in [4.69, 9.17) is 0 Å². The summed E-state index contributed by atoms with van der Waals surface area (Å²) in [5.74, 6) is 1.81. The number of nitrogens with zero attached hydrogens (tertiary/aromatic N) is 3. The highest BCUT2D eigenvalue weighted by molar-refractivity contribution is 5.61. The zero-order chi connectivity index (χ0) is 11.5. The summed E-state index contributed by atoms with van der Waals surface area (Å²) >= 11 is 0. The largest absolute Gasteiger partial charge is 0.312 e. The average Bonchev–Trinajstić information content (AvgIpc) is 2.66. The van der Waals surface area contributed by atoms with Gasteiger partial charge in [0.05, 0.1) is 5.69 Å². The van der Waals surface area contributed by atoms with Gasteiger partial charge < -0.3 is 4.57 Å². The molecular weight excluding hydrogens is 198 g/mol. The van der Waals surface area contributed by atoms with Gasteiger partial charge in [-0.25, -0.2) is 9.98 Å². The average molecular weight is 213 g/mol. The molecule has 1 aromatic heterocycles. The number of imidazole rings is 1. The lowest BCUT2D eigenvalue weighted by molar-refractivity contribution is 0.922. The van der Waals surface area contributed by atoms with Crippen LogP contribution in [0.1, 0.15) is 12.6 Å². The van der Waals surface area contributed by atoms with E-state index < -0.39 is 0 Å². The van der Waals surface area contributed by atoms with Gasteiger partial charge in [-0.05, 0) is 13.1 Å². The van der Waals surface area contributed by atoms with Crippen molar-refractivity contribution in [2.24, 2.45) is 12.0 Å². The third-order valence-electron chi connectivity index (χ3n) is 2.65. The molecule has 3 nitrogen and oxygen atoms in total. The molecule has 82 valence electrons. The Balaban J connectivity index is 2.59. The van der Waals surface area contributed by atoms with E-state index in [-0.39, 0.29) is 0 Å². The molecule has 1 heterocycles. The minimum Gasteiger partial charge on any atom is -0.312 e. The maximum absolute atomic E-state index is 4.60. The predicted octanol–water partition coefficient (Wildman–Crippen LogP) is 2.98. The van der Waals surface area contributed by atoms with E-state index in [1.54, 1.807) is 0 Å². The standard InChI is InChI=1S/C13H15N3/c1-4-11-13(14-2)16(3)12(15-11)10-8-6-5-7-9-10/h5-9H,2,4H2,1,3H3. The molecule has 0 fully saturated rings. The molecule has 3 heteroatoms. The van der Waals surface area contributed by atoms with Crippen molar-refractivity contribution in [3.8, 4) is 11.4 Å². The molecule has 0 unspecified atom stereocenters. The quantitative estimate of drug-likeness (QED) is 0.721. The Hall–Kier alpha value is -1.90. The van der Waals surface area contributed by atoms with Gasteiger partial charge in [-0.15, -0.1) is 0 Å². The molecular formula is C13H15N3. The fraction of sp³-hybridized carbons (Fsp3) is 0.231. The summed E-state index contributed by atoms with van der Waals surface area (Å²) in [5.41, 5.74) is 2.10. The number of aryl methyl sites for hydroxylation is 1. The molecule has 0 bridgehead atoms. The lowest BCUT2D eigenvalue weighted by Crippen LogP contribution is -1.91. The van der Waals surface area contributed by atoms with Crippen molar-refractivity contribution in [1.82, 2.24) is 9.55 Å². The molecule has 0 spiro atoms. The van der Waals surface area contributed by atoms with Crippen molar-refractivity contribution < 1.29 is 0 Å². The fourth-order valence-corrected chi connectivity index (χ4v) is 1.83. The minimum absolute atomic E-state index is 0.862. The molecule has 0 aliphatic carbocycles. The van der Waals surface area contributed by atoms with Crippen molar-refractivity contribution in [2.45, 2.75) is 13.3 Å². The monoisotopic (exact) mass is 213 g/mol. The van der Waals surface area contributed by atoms with Crippen LogP contribution in [-0.2, 0) is 13.5 Å². The van der Waals surface area contributed by atoms with Crippen LogP contribution in [0.25, 0.3) is 11.4 Å². The van der Waals surface area contributed by atoms with Crippen molar-refractivity contribution in [3.05, 3.63) is 36.0 Å². The Morgan fingerprint density at radius 3 is 2.50 bits per heavy atom. The molecule has 16 heavy (non-hydrogen) atoms. The van der Waals surface area contributed by atoms with Gasteiger partial charge in [-0.2, -0.15) is 0 Å².